The van der Waals surface area contributed by atoms with Crippen LogP contribution >= 0.6 is 0 Å². The van der Waals surface area contributed by atoms with Gasteiger partial charge in [0.2, 0.25) is 5.91 Å². The van der Waals surface area contributed by atoms with Crippen molar-refractivity contribution in [2.24, 2.45) is 0 Å². The largest absolute Gasteiger partial charge is 0.495 e. The quantitative estimate of drug-likeness (QED) is 0.715. The standard InChI is InChI=1S/C20H23N3O3/c1-13-3-10-18(26-2)17(11-13)23-19(24)12-21-15-6-4-14(5-7-15)20(25)22-16-8-9-16/h3-7,10-11,16,21H,8-9,12H2,1-2H3,(H,22,25)(H,23,24). The number of aryl methyl sites for hydroxylation is 1. The second-order valence-corrected chi connectivity index (χ2v) is 6.43. The molecule has 26 heavy (non-hydrogen) atoms. The third kappa shape index (κ3) is 4.75. The van der Waals surface area contributed by atoms with E-state index < -0.39 is 0 Å². The van der Waals surface area contributed by atoms with Crippen molar-refractivity contribution in [3.63, 3.8) is 0 Å². The van der Waals surface area contributed by atoms with Gasteiger partial charge in [-0.1, -0.05) is 6.07 Å². The molecule has 1 saturated carbocycles. The first kappa shape index (κ1) is 17.8. The Morgan fingerprint density at radius 2 is 1.85 bits per heavy atom. The minimum absolute atomic E-state index is 0.0525. The molecule has 2 aromatic rings. The zero-order valence-corrected chi connectivity index (χ0v) is 15.0. The lowest BCUT2D eigenvalue weighted by Gasteiger charge is -2.12. The average molecular weight is 353 g/mol. The number of benzene rings is 2. The Kier molecular flexibility index (Phi) is 5.41. The van der Waals surface area contributed by atoms with Crippen molar-refractivity contribution >= 4 is 23.2 Å². The van der Waals surface area contributed by atoms with Gasteiger partial charge in [0.15, 0.2) is 0 Å². The number of amides is 2. The lowest BCUT2D eigenvalue weighted by Crippen LogP contribution is -2.25. The molecule has 0 atom stereocenters. The summed E-state index contributed by atoms with van der Waals surface area (Å²) in [4.78, 5) is 24.1. The fraction of sp³-hybridized carbons (Fsp3) is 0.300. The van der Waals surface area contributed by atoms with Gasteiger partial charge in [-0.25, -0.2) is 0 Å². The Morgan fingerprint density at radius 1 is 1.12 bits per heavy atom. The van der Waals surface area contributed by atoms with Crippen molar-refractivity contribution < 1.29 is 14.3 Å². The van der Waals surface area contributed by atoms with Gasteiger partial charge in [-0.2, -0.15) is 0 Å². The van der Waals surface area contributed by atoms with Gasteiger partial charge in [0.25, 0.3) is 5.91 Å². The molecule has 2 aromatic carbocycles. The fourth-order valence-electron chi connectivity index (χ4n) is 2.53. The van der Waals surface area contributed by atoms with Crippen molar-refractivity contribution in [2.75, 3.05) is 24.3 Å². The Balaban J connectivity index is 1.52. The number of ether oxygens (including phenoxy) is 1. The maximum atomic E-state index is 12.2. The summed E-state index contributed by atoms with van der Waals surface area (Å²) in [5, 5.41) is 8.84. The molecule has 0 radical (unpaired) electrons. The Labute approximate surface area is 152 Å². The number of nitrogens with one attached hydrogen (secondary N) is 3. The van der Waals surface area contributed by atoms with E-state index in [0.717, 1.165) is 24.1 Å². The molecule has 0 saturated heterocycles. The van der Waals surface area contributed by atoms with Crippen molar-refractivity contribution in [3.05, 3.63) is 53.6 Å². The van der Waals surface area contributed by atoms with Gasteiger partial charge in [-0.3, -0.25) is 9.59 Å². The van der Waals surface area contributed by atoms with Crippen LogP contribution in [0.2, 0.25) is 0 Å². The number of hydrogen-bond acceptors (Lipinski definition) is 4. The second-order valence-electron chi connectivity index (χ2n) is 6.43. The number of methoxy groups -OCH3 is 1. The molecule has 1 aliphatic carbocycles. The number of carbonyl (C=O) groups excluding carboxylic acids is 2. The molecular weight excluding hydrogens is 330 g/mol. The second kappa shape index (κ2) is 7.91. The molecule has 6 nitrogen and oxygen atoms in total. The van der Waals surface area contributed by atoms with Crippen LogP contribution in [0.25, 0.3) is 0 Å². The molecule has 0 heterocycles. The summed E-state index contributed by atoms with van der Waals surface area (Å²) in [6, 6.07) is 13.0. The number of rotatable bonds is 7. The van der Waals surface area contributed by atoms with Crippen LogP contribution in [0.3, 0.4) is 0 Å². The molecule has 0 aliphatic heterocycles. The van der Waals surface area contributed by atoms with Crippen LogP contribution in [0, 0.1) is 6.92 Å². The summed E-state index contributed by atoms with van der Waals surface area (Å²) in [6.45, 7) is 2.07. The van der Waals surface area contributed by atoms with E-state index in [1.54, 1.807) is 31.4 Å². The van der Waals surface area contributed by atoms with Crippen LogP contribution in [0.4, 0.5) is 11.4 Å². The van der Waals surface area contributed by atoms with Crippen LogP contribution in [0.15, 0.2) is 42.5 Å². The molecule has 1 aliphatic rings. The van der Waals surface area contributed by atoms with Crippen LogP contribution in [-0.4, -0.2) is 31.5 Å². The molecular formula is C20H23N3O3. The van der Waals surface area contributed by atoms with E-state index in [1.807, 2.05) is 25.1 Å². The smallest absolute Gasteiger partial charge is 0.251 e. The van der Waals surface area contributed by atoms with E-state index in [0.29, 0.717) is 23.0 Å². The normalized spacial score (nSPS) is 13.0. The van der Waals surface area contributed by atoms with E-state index in [1.165, 1.54) is 0 Å². The van der Waals surface area contributed by atoms with Gasteiger partial charge < -0.3 is 20.7 Å². The Morgan fingerprint density at radius 3 is 2.50 bits per heavy atom. The minimum Gasteiger partial charge on any atom is -0.495 e. The zero-order chi connectivity index (χ0) is 18.5. The molecule has 6 heteroatoms. The van der Waals surface area contributed by atoms with Gasteiger partial charge in [0, 0.05) is 17.3 Å². The van der Waals surface area contributed by atoms with E-state index in [9.17, 15) is 9.59 Å². The van der Waals surface area contributed by atoms with Crippen molar-refractivity contribution in [1.82, 2.24) is 5.32 Å². The third-order valence-corrected chi connectivity index (χ3v) is 4.14. The molecule has 3 rings (SSSR count). The molecule has 0 unspecified atom stereocenters. The SMILES string of the molecule is COc1ccc(C)cc1NC(=O)CNc1ccc(C(=O)NC2CC2)cc1. The molecule has 0 spiro atoms. The predicted molar refractivity (Wildman–Crippen MR) is 102 cm³/mol. The molecule has 2 amide bonds. The fourth-order valence-corrected chi connectivity index (χ4v) is 2.53. The van der Waals surface area contributed by atoms with Crippen molar-refractivity contribution in [3.8, 4) is 5.75 Å². The van der Waals surface area contributed by atoms with Gasteiger partial charge in [0.1, 0.15) is 5.75 Å². The summed E-state index contributed by atoms with van der Waals surface area (Å²) >= 11 is 0. The topological polar surface area (TPSA) is 79.5 Å². The lowest BCUT2D eigenvalue weighted by molar-refractivity contribution is -0.114. The highest BCUT2D eigenvalue weighted by Crippen LogP contribution is 2.25. The van der Waals surface area contributed by atoms with Crippen LogP contribution < -0.4 is 20.7 Å². The summed E-state index contributed by atoms with van der Waals surface area (Å²) in [6.07, 6.45) is 2.12. The van der Waals surface area contributed by atoms with Crippen molar-refractivity contribution in [1.29, 1.82) is 0 Å². The van der Waals surface area contributed by atoms with E-state index in [4.69, 9.17) is 4.74 Å². The number of hydrogen-bond donors (Lipinski definition) is 3. The summed E-state index contributed by atoms with van der Waals surface area (Å²) in [5.74, 6) is 0.391. The maximum absolute atomic E-state index is 12.2. The van der Waals surface area contributed by atoms with Gasteiger partial charge in [-0.15, -0.1) is 0 Å². The van der Waals surface area contributed by atoms with E-state index >= 15 is 0 Å². The molecule has 0 aromatic heterocycles. The molecule has 0 bridgehead atoms. The molecule has 3 N–H and O–H groups in total. The van der Waals surface area contributed by atoms with Crippen LogP contribution in [0.1, 0.15) is 28.8 Å². The summed E-state index contributed by atoms with van der Waals surface area (Å²) < 4.78 is 5.26. The van der Waals surface area contributed by atoms with E-state index in [2.05, 4.69) is 16.0 Å². The number of anilines is 2. The van der Waals surface area contributed by atoms with E-state index in [-0.39, 0.29) is 18.4 Å². The highest BCUT2D eigenvalue weighted by atomic mass is 16.5. The Hall–Kier alpha value is -3.02. The van der Waals surface area contributed by atoms with Crippen LogP contribution in [-0.2, 0) is 4.79 Å². The Bertz CT molecular complexity index is 798. The van der Waals surface area contributed by atoms with Crippen LogP contribution in [0.5, 0.6) is 5.75 Å². The number of carbonyl (C=O) groups is 2. The zero-order valence-electron chi connectivity index (χ0n) is 15.0. The minimum atomic E-state index is -0.176. The first-order chi connectivity index (χ1) is 12.5. The summed E-state index contributed by atoms with van der Waals surface area (Å²) in [5.41, 5.74) is 3.08. The van der Waals surface area contributed by atoms with Gasteiger partial charge in [0.05, 0.1) is 19.3 Å². The average Bonchev–Trinajstić information content (AvgIpc) is 3.44. The lowest BCUT2D eigenvalue weighted by atomic mass is 10.2. The third-order valence-electron chi connectivity index (χ3n) is 4.14. The van der Waals surface area contributed by atoms with Gasteiger partial charge >= 0.3 is 0 Å². The predicted octanol–water partition coefficient (Wildman–Crippen LogP) is 2.95. The first-order valence-corrected chi connectivity index (χ1v) is 8.64. The van der Waals surface area contributed by atoms with Crippen molar-refractivity contribution in [2.45, 2.75) is 25.8 Å². The molecule has 1 fully saturated rings. The monoisotopic (exact) mass is 353 g/mol. The highest BCUT2D eigenvalue weighted by molar-refractivity contribution is 5.96. The summed E-state index contributed by atoms with van der Waals surface area (Å²) in [7, 11) is 1.57. The first-order valence-electron chi connectivity index (χ1n) is 8.64. The molecule has 136 valence electrons. The maximum Gasteiger partial charge on any atom is 0.251 e. The van der Waals surface area contributed by atoms with Gasteiger partial charge in [-0.05, 0) is 61.7 Å². The highest BCUT2D eigenvalue weighted by Gasteiger charge is 2.23.